The highest BCUT2D eigenvalue weighted by Gasteiger charge is 2.31. The molecule has 2 atom stereocenters. The molecule has 0 saturated heterocycles. The number of nitrogens with one attached hydrogen (secondary N) is 2. The van der Waals surface area contributed by atoms with E-state index >= 15 is 0 Å². The highest BCUT2D eigenvalue weighted by Crippen LogP contribution is 2.35. The molecule has 0 bridgehead atoms. The molecule has 0 heterocycles. The number of aliphatic hydroxyl groups excluding tert-OH is 1. The number of hydrogen-bond donors (Lipinski definition) is 3. The van der Waals surface area contributed by atoms with Crippen LogP contribution in [0.5, 0.6) is 0 Å². The molecular weight excluding hydrogens is 353 g/mol. The van der Waals surface area contributed by atoms with Crippen molar-refractivity contribution in [2.45, 2.75) is 25.2 Å². The average Bonchev–Trinajstić information content (AvgIpc) is 2.60. The van der Waals surface area contributed by atoms with Gasteiger partial charge in [0.05, 0.1) is 28.9 Å². The lowest BCUT2D eigenvalue weighted by Gasteiger charge is -2.21. The molecule has 0 aromatic heterocycles. The summed E-state index contributed by atoms with van der Waals surface area (Å²) in [6.45, 7) is 1.98. The van der Waals surface area contributed by atoms with Gasteiger partial charge in [-0.15, -0.1) is 11.6 Å². The molecule has 0 saturated carbocycles. The van der Waals surface area contributed by atoms with Crippen LogP contribution in [0.1, 0.15) is 24.1 Å². The van der Waals surface area contributed by atoms with Gasteiger partial charge in [-0.25, -0.2) is 0 Å². The van der Waals surface area contributed by atoms with Crippen molar-refractivity contribution in [2.24, 2.45) is 0 Å². The first-order valence-corrected chi connectivity index (χ1v) is 8.35. The van der Waals surface area contributed by atoms with Crippen LogP contribution in [0.25, 0.3) is 0 Å². The highest BCUT2D eigenvalue weighted by molar-refractivity contribution is 6.18. The number of halogens is 4. The van der Waals surface area contributed by atoms with E-state index in [0.29, 0.717) is 5.69 Å². The Balaban J connectivity index is 2.25. The summed E-state index contributed by atoms with van der Waals surface area (Å²) < 4.78 is 38.9. The third-order valence-electron chi connectivity index (χ3n) is 3.72. The maximum absolute atomic E-state index is 13.0. The van der Waals surface area contributed by atoms with E-state index in [0.717, 1.165) is 17.7 Å². The summed E-state index contributed by atoms with van der Waals surface area (Å²) in [6.07, 6.45) is -5.29. The van der Waals surface area contributed by atoms with Crippen molar-refractivity contribution in [3.63, 3.8) is 0 Å². The van der Waals surface area contributed by atoms with E-state index in [9.17, 15) is 18.3 Å². The Morgan fingerprint density at radius 3 is 2.36 bits per heavy atom. The van der Waals surface area contributed by atoms with Crippen LogP contribution < -0.4 is 10.6 Å². The summed E-state index contributed by atoms with van der Waals surface area (Å²) in [6, 6.07) is 12.9. The zero-order chi connectivity index (χ0) is 18.4. The lowest BCUT2D eigenvalue weighted by atomic mass is 10.1. The molecule has 3 nitrogen and oxygen atoms in total. The van der Waals surface area contributed by atoms with E-state index in [1.165, 1.54) is 6.07 Å². The Labute approximate surface area is 149 Å². The van der Waals surface area contributed by atoms with Crippen LogP contribution in [0.2, 0.25) is 0 Å². The minimum absolute atomic E-state index is 0.00482. The van der Waals surface area contributed by atoms with Gasteiger partial charge in [0, 0.05) is 12.6 Å². The Hall–Kier alpha value is -1.92. The molecule has 136 valence electrons. The third kappa shape index (κ3) is 5.54. The molecule has 0 spiro atoms. The molecule has 0 amide bonds. The summed E-state index contributed by atoms with van der Waals surface area (Å²) in [7, 11) is 0. The second-order valence-electron chi connectivity index (χ2n) is 5.72. The van der Waals surface area contributed by atoms with Crippen LogP contribution in [0.4, 0.5) is 24.5 Å². The Morgan fingerprint density at radius 1 is 1.08 bits per heavy atom. The molecule has 2 aromatic carbocycles. The third-order valence-corrected chi connectivity index (χ3v) is 4.08. The molecule has 7 heteroatoms. The molecular formula is C18H20ClF3N2O. The van der Waals surface area contributed by atoms with Crippen molar-refractivity contribution in [1.82, 2.24) is 0 Å². The van der Waals surface area contributed by atoms with E-state index in [2.05, 4.69) is 10.6 Å². The van der Waals surface area contributed by atoms with E-state index in [1.54, 1.807) is 0 Å². The van der Waals surface area contributed by atoms with Gasteiger partial charge in [0.25, 0.3) is 0 Å². The Bertz CT molecular complexity index is 680. The van der Waals surface area contributed by atoms with Crippen molar-refractivity contribution in [2.75, 3.05) is 23.1 Å². The van der Waals surface area contributed by atoms with Gasteiger partial charge in [0.1, 0.15) is 0 Å². The van der Waals surface area contributed by atoms with Crippen molar-refractivity contribution in [3.8, 4) is 0 Å². The minimum Gasteiger partial charge on any atom is -0.390 e. The Kier molecular flexibility index (Phi) is 6.56. The number of benzene rings is 2. The fourth-order valence-electron chi connectivity index (χ4n) is 2.33. The molecule has 2 unspecified atom stereocenters. The Morgan fingerprint density at radius 2 is 1.76 bits per heavy atom. The average molecular weight is 373 g/mol. The van der Waals surface area contributed by atoms with Crippen molar-refractivity contribution < 1.29 is 18.3 Å². The van der Waals surface area contributed by atoms with Crippen molar-refractivity contribution in [3.05, 3.63) is 59.7 Å². The van der Waals surface area contributed by atoms with Crippen LogP contribution in [0.3, 0.4) is 0 Å². The van der Waals surface area contributed by atoms with E-state index in [1.807, 2.05) is 37.3 Å². The fraction of sp³-hybridized carbons (Fsp3) is 0.333. The zero-order valence-electron chi connectivity index (χ0n) is 13.6. The molecule has 0 fully saturated rings. The smallest absolute Gasteiger partial charge is 0.390 e. The van der Waals surface area contributed by atoms with Gasteiger partial charge in [-0.1, -0.05) is 30.3 Å². The van der Waals surface area contributed by atoms with Gasteiger partial charge in [-0.3, -0.25) is 0 Å². The summed E-state index contributed by atoms with van der Waals surface area (Å²) in [5, 5.41) is 15.6. The van der Waals surface area contributed by atoms with Gasteiger partial charge < -0.3 is 15.7 Å². The summed E-state index contributed by atoms with van der Waals surface area (Å²) in [4.78, 5) is 0. The fourth-order valence-corrected chi connectivity index (χ4v) is 2.44. The van der Waals surface area contributed by atoms with E-state index < -0.39 is 17.8 Å². The molecule has 0 aliphatic heterocycles. The van der Waals surface area contributed by atoms with Gasteiger partial charge >= 0.3 is 6.18 Å². The standard InChI is InChI=1S/C18H20ClF3N2O/c1-12(13-5-3-2-4-6-13)24-16-8-7-14(18(20,21)22)9-17(16)23-11-15(25)10-19/h2-9,12,15,23-25H,10-11H2,1H3. The number of anilines is 2. The maximum atomic E-state index is 13.0. The first kappa shape index (κ1) is 19.4. The van der Waals surface area contributed by atoms with Gasteiger partial charge in [0.2, 0.25) is 0 Å². The largest absolute Gasteiger partial charge is 0.416 e. The first-order valence-electron chi connectivity index (χ1n) is 7.82. The van der Waals surface area contributed by atoms with Crippen LogP contribution in [0, 0.1) is 0 Å². The van der Waals surface area contributed by atoms with Crippen LogP contribution in [-0.4, -0.2) is 23.6 Å². The summed E-state index contributed by atoms with van der Waals surface area (Å²) >= 11 is 5.54. The van der Waals surface area contributed by atoms with Crippen molar-refractivity contribution in [1.29, 1.82) is 0 Å². The first-order chi connectivity index (χ1) is 11.8. The van der Waals surface area contributed by atoms with Gasteiger partial charge in [0.15, 0.2) is 0 Å². The number of alkyl halides is 4. The maximum Gasteiger partial charge on any atom is 0.416 e. The normalized spacial score (nSPS) is 14.0. The van der Waals surface area contributed by atoms with Crippen LogP contribution in [0.15, 0.2) is 48.5 Å². The highest BCUT2D eigenvalue weighted by atomic mass is 35.5. The van der Waals surface area contributed by atoms with E-state index in [-0.39, 0.29) is 24.2 Å². The molecule has 2 aromatic rings. The van der Waals surface area contributed by atoms with Crippen molar-refractivity contribution >= 4 is 23.0 Å². The van der Waals surface area contributed by atoms with Crippen LogP contribution >= 0.6 is 11.6 Å². The molecule has 2 rings (SSSR count). The molecule has 25 heavy (non-hydrogen) atoms. The van der Waals surface area contributed by atoms with Gasteiger partial charge in [-0.2, -0.15) is 13.2 Å². The quantitative estimate of drug-likeness (QED) is 0.606. The zero-order valence-corrected chi connectivity index (χ0v) is 14.4. The van der Waals surface area contributed by atoms with Crippen LogP contribution in [-0.2, 0) is 6.18 Å². The molecule has 0 aliphatic carbocycles. The molecule has 3 N–H and O–H groups in total. The molecule has 0 radical (unpaired) electrons. The topological polar surface area (TPSA) is 44.3 Å². The second kappa shape index (κ2) is 8.45. The minimum atomic E-state index is -4.44. The van der Waals surface area contributed by atoms with E-state index in [4.69, 9.17) is 11.6 Å². The number of rotatable bonds is 7. The monoisotopic (exact) mass is 372 g/mol. The van der Waals surface area contributed by atoms with Gasteiger partial charge in [-0.05, 0) is 30.7 Å². The second-order valence-corrected chi connectivity index (χ2v) is 6.03. The summed E-state index contributed by atoms with van der Waals surface area (Å²) in [5.74, 6) is -0.00482. The number of aliphatic hydroxyl groups is 1. The predicted octanol–water partition coefficient (Wildman–Crippen LogP) is 4.89. The number of hydrogen-bond acceptors (Lipinski definition) is 3. The molecule has 0 aliphatic rings. The lowest BCUT2D eigenvalue weighted by molar-refractivity contribution is -0.137. The predicted molar refractivity (Wildman–Crippen MR) is 95.1 cm³/mol. The summed E-state index contributed by atoms with van der Waals surface area (Å²) in [5.41, 5.74) is 1.04. The SMILES string of the molecule is CC(Nc1ccc(C(F)(F)F)cc1NCC(O)CCl)c1ccccc1. The lowest BCUT2D eigenvalue weighted by Crippen LogP contribution is -2.22.